The number of nitrogens with zero attached hydrogens (tertiary/aromatic N) is 1. The van der Waals surface area contributed by atoms with Gasteiger partial charge in [0.1, 0.15) is 10.6 Å². The molecule has 2 N–H and O–H groups in total. The first-order chi connectivity index (χ1) is 11.1. The van der Waals surface area contributed by atoms with E-state index in [2.05, 4.69) is 10.2 Å². The van der Waals surface area contributed by atoms with Crippen LogP contribution in [0.15, 0.2) is 30.5 Å². The summed E-state index contributed by atoms with van der Waals surface area (Å²) in [5, 5.41) is 17.2. The van der Waals surface area contributed by atoms with Crippen LogP contribution >= 0.6 is 11.3 Å². The molecule has 3 aromatic rings. The number of H-pyrrole nitrogens is 1. The van der Waals surface area contributed by atoms with Crippen LogP contribution in [0.2, 0.25) is 0 Å². The molecule has 0 aliphatic heterocycles. The largest absolute Gasteiger partial charge is 0.477 e. The number of nitrogens with one attached hydrogen (secondary N) is 1. The number of carbonyl (C=O) groups is 1. The first kappa shape index (κ1) is 14.0. The Morgan fingerprint density at radius 1 is 1.30 bits per heavy atom. The lowest BCUT2D eigenvalue weighted by Crippen LogP contribution is -2.05. The molecule has 2 aromatic heterocycles. The second kappa shape index (κ2) is 5.24. The van der Waals surface area contributed by atoms with Crippen LogP contribution in [0.5, 0.6) is 10.8 Å². The van der Waals surface area contributed by atoms with Gasteiger partial charge in [0.05, 0.1) is 17.5 Å². The lowest BCUT2D eigenvalue weighted by atomic mass is 9.92. The smallest absolute Gasteiger partial charge is 0.346 e. The highest BCUT2D eigenvalue weighted by Gasteiger charge is 2.30. The zero-order valence-electron chi connectivity index (χ0n) is 12.4. The highest BCUT2D eigenvalue weighted by atomic mass is 32.1. The van der Waals surface area contributed by atoms with E-state index in [4.69, 9.17) is 4.74 Å². The van der Waals surface area contributed by atoms with Crippen molar-refractivity contribution in [1.29, 1.82) is 0 Å². The molecule has 0 amide bonds. The van der Waals surface area contributed by atoms with Crippen LogP contribution in [0.4, 0.5) is 0 Å². The lowest BCUT2D eigenvalue weighted by molar-refractivity contribution is 0.0701. The van der Waals surface area contributed by atoms with E-state index < -0.39 is 5.97 Å². The molecule has 1 aliphatic rings. The van der Waals surface area contributed by atoms with Crippen LogP contribution in [-0.4, -0.2) is 21.3 Å². The number of hydrogen-bond acceptors (Lipinski definition) is 4. The molecule has 0 saturated heterocycles. The summed E-state index contributed by atoms with van der Waals surface area (Å²) in [7, 11) is 0. The third kappa shape index (κ3) is 2.31. The van der Waals surface area contributed by atoms with E-state index in [1.807, 2.05) is 31.2 Å². The zero-order chi connectivity index (χ0) is 16.0. The van der Waals surface area contributed by atoms with Crippen LogP contribution < -0.4 is 4.74 Å². The van der Waals surface area contributed by atoms with Gasteiger partial charge >= 0.3 is 5.97 Å². The van der Waals surface area contributed by atoms with E-state index in [1.54, 1.807) is 6.20 Å². The van der Waals surface area contributed by atoms with Crippen molar-refractivity contribution in [2.45, 2.75) is 19.8 Å². The van der Waals surface area contributed by atoms with Gasteiger partial charge in [-0.15, -0.1) is 0 Å². The summed E-state index contributed by atoms with van der Waals surface area (Å²) < 4.78 is 6.00. The molecular weight excluding hydrogens is 312 g/mol. The van der Waals surface area contributed by atoms with Gasteiger partial charge in [-0.3, -0.25) is 5.10 Å². The molecule has 1 aromatic carbocycles. The second-order valence-electron chi connectivity index (χ2n) is 5.56. The Morgan fingerprint density at radius 2 is 2.09 bits per heavy atom. The fraction of sp³-hybridized carbons (Fsp3) is 0.176. The van der Waals surface area contributed by atoms with Crippen molar-refractivity contribution in [2.24, 2.45) is 0 Å². The minimum absolute atomic E-state index is 0.349. The number of aromatic nitrogens is 2. The monoisotopic (exact) mass is 326 g/mol. The van der Waals surface area contributed by atoms with E-state index in [0.717, 1.165) is 34.4 Å². The lowest BCUT2D eigenvalue weighted by Gasteiger charge is -2.14. The van der Waals surface area contributed by atoms with Gasteiger partial charge in [-0.2, -0.15) is 5.10 Å². The molecule has 1 aliphatic carbocycles. The number of aryl methyl sites for hydroxylation is 2. The van der Waals surface area contributed by atoms with Crippen LogP contribution in [0.1, 0.15) is 26.4 Å². The molecule has 116 valence electrons. The fourth-order valence-electron chi connectivity index (χ4n) is 2.87. The molecule has 0 saturated carbocycles. The number of ether oxygens (including phenoxy) is 1. The van der Waals surface area contributed by atoms with Crippen molar-refractivity contribution in [1.82, 2.24) is 10.2 Å². The summed E-state index contributed by atoms with van der Waals surface area (Å²) in [6.07, 6.45) is 3.28. The average molecular weight is 326 g/mol. The number of benzene rings is 1. The van der Waals surface area contributed by atoms with Crippen molar-refractivity contribution >= 4 is 17.3 Å². The minimum atomic E-state index is -0.909. The van der Waals surface area contributed by atoms with Crippen molar-refractivity contribution in [3.8, 4) is 22.1 Å². The summed E-state index contributed by atoms with van der Waals surface area (Å²) in [5.74, 6) is -0.212. The maximum atomic E-state index is 11.6. The Balaban J connectivity index is 1.84. The maximum absolute atomic E-state index is 11.6. The number of carboxylic acids is 1. The van der Waals surface area contributed by atoms with Gasteiger partial charge in [-0.05, 0) is 43.0 Å². The van der Waals surface area contributed by atoms with Crippen molar-refractivity contribution in [3.63, 3.8) is 0 Å². The van der Waals surface area contributed by atoms with Gasteiger partial charge in [0, 0.05) is 0 Å². The number of aromatic carboxylic acids is 1. The molecule has 0 bridgehead atoms. The first-order valence-electron chi connectivity index (χ1n) is 7.29. The Morgan fingerprint density at radius 3 is 2.83 bits per heavy atom. The van der Waals surface area contributed by atoms with Crippen molar-refractivity contribution in [2.75, 3.05) is 0 Å². The van der Waals surface area contributed by atoms with E-state index in [0.29, 0.717) is 22.1 Å². The third-order valence-electron chi connectivity index (χ3n) is 4.01. The standard InChI is InChI=1S/C17H14N2O3S/c1-9-2-5-11(6-3-9)22-17-13-12(15(23-17)16(20)21)7-4-10-8-18-19-14(10)13/h2-3,5-6,8H,4,7H2,1H3,(H,18,19)(H,20,21). The molecule has 0 unspecified atom stereocenters. The number of carboxylic acid groups (broad SMARTS) is 1. The highest BCUT2D eigenvalue weighted by molar-refractivity contribution is 7.16. The molecular formula is C17H14N2O3S. The van der Waals surface area contributed by atoms with Gasteiger partial charge in [0.15, 0.2) is 5.06 Å². The van der Waals surface area contributed by atoms with Crippen LogP contribution in [-0.2, 0) is 12.8 Å². The summed E-state index contributed by atoms with van der Waals surface area (Å²) in [6, 6.07) is 7.71. The van der Waals surface area contributed by atoms with Crippen molar-refractivity contribution < 1.29 is 14.6 Å². The summed E-state index contributed by atoms with van der Waals surface area (Å²) in [6.45, 7) is 2.01. The number of aromatic amines is 1. The molecule has 4 rings (SSSR count). The van der Waals surface area contributed by atoms with Crippen LogP contribution in [0.3, 0.4) is 0 Å². The van der Waals surface area contributed by atoms with Crippen LogP contribution in [0, 0.1) is 6.92 Å². The Bertz CT molecular complexity index is 893. The Labute approximate surface area is 136 Å². The Hall–Kier alpha value is -2.60. The van der Waals surface area contributed by atoms with E-state index in [9.17, 15) is 9.90 Å². The number of fused-ring (bicyclic) bond motifs is 3. The number of thiophene rings is 1. The van der Waals surface area contributed by atoms with Crippen molar-refractivity contribution in [3.05, 3.63) is 52.0 Å². The summed E-state index contributed by atoms with van der Waals surface area (Å²) in [5.41, 5.74) is 4.79. The fourth-order valence-corrected chi connectivity index (χ4v) is 3.93. The second-order valence-corrected chi connectivity index (χ2v) is 6.55. The predicted octanol–water partition coefficient (Wildman–Crippen LogP) is 4.04. The average Bonchev–Trinajstić information content (AvgIpc) is 3.13. The normalized spacial score (nSPS) is 12.6. The Kier molecular flexibility index (Phi) is 3.20. The van der Waals surface area contributed by atoms with Gasteiger partial charge < -0.3 is 9.84 Å². The van der Waals surface area contributed by atoms with E-state index >= 15 is 0 Å². The third-order valence-corrected chi connectivity index (χ3v) is 5.11. The molecule has 2 heterocycles. The number of rotatable bonds is 3. The predicted molar refractivity (Wildman–Crippen MR) is 87.5 cm³/mol. The van der Waals surface area contributed by atoms with Gasteiger partial charge in [-0.25, -0.2) is 4.79 Å². The molecule has 6 heteroatoms. The number of hydrogen-bond donors (Lipinski definition) is 2. The molecule has 5 nitrogen and oxygen atoms in total. The first-order valence-corrected chi connectivity index (χ1v) is 8.11. The molecule has 0 fully saturated rings. The minimum Gasteiger partial charge on any atom is -0.477 e. The molecule has 0 atom stereocenters. The molecule has 0 spiro atoms. The zero-order valence-corrected chi connectivity index (χ0v) is 13.2. The summed E-state index contributed by atoms with van der Waals surface area (Å²) in [4.78, 5) is 11.9. The van der Waals surface area contributed by atoms with Gasteiger partial charge in [0.25, 0.3) is 0 Å². The van der Waals surface area contributed by atoms with Crippen LogP contribution in [0.25, 0.3) is 11.3 Å². The van der Waals surface area contributed by atoms with Gasteiger partial charge in [-0.1, -0.05) is 29.0 Å². The maximum Gasteiger partial charge on any atom is 0.346 e. The molecule has 23 heavy (non-hydrogen) atoms. The molecule has 0 radical (unpaired) electrons. The topological polar surface area (TPSA) is 75.2 Å². The van der Waals surface area contributed by atoms with Gasteiger partial charge in [0.2, 0.25) is 0 Å². The van der Waals surface area contributed by atoms with E-state index in [1.165, 1.54) is 11.3 Å². The SMILES string of the molecule is Cc1ccc(Oc2sc(C(=O)O)c3c2-c2[nH]ncc2CC3)cc1. The quantitative estimate of drug-likeness (QED) is 0.762. The highest BCUT2D eigenvalue weighted by Crippen LogP contribution is 2.47. The van der Waals surface area contributed by atoms with E-state index in [-0.39, 0.29) is 0 Å². The summed E-state index contributed by atoms with van der Waals surface area (Å²) >= 11 is 1.18.